The highest BCUT2D eigenvalue weighted by Crippen LogP contribution is 2.28. The molecule has 4 nitrogen and oxygen atoms in total. The Morgan fingerprint density at radius 3 is 2.24 bits per heavy atom. The van der Waals surface area contributed by atoms with Crippen LogP contribution < -0.4 is 10.0 Å². The molecule has 0 amide bonds. The normalized spacial score (nSPS) is 18.0. The van der Waals surface area contributed by atoms with Crippen LogP contribution in [0.2, 0.25) is 10.0 Å². The predicted molar refractivity (Wildman–Crippen MR) is 89.1 cm³/mol. The lowest BCUT2D eigenvalue weighted by molar-refractivity contribution is 0.232. The van der Waals surface area contributed by atoms with Gasteiger partial charge in [0.2, 0.25) is 10.0 Å². The number of rotatable bonds is 4. The number of sulfonamides is 1. The minimum atomic E-state index is -3.58. The van der Waals surface area contributed by atoms with Crippen LogP contribution in [-0.4, -0.2) is 28.1 Å². The summed E-state index contributed by atoms with van der Waals surface area (Å²) in [4.78, 5) is 0.104. The van der Waals surface area contributed by atoms with Crippen LogP contribution in [0.25, 0.3) is 0 Å². The molecule has 0 bridgehead atoms. The molecule has 8 heteroatoms. The van der Waals surface area contributed by atoms with Crippen LogP contribution in [0, 0.1) is 5.41 Å². The molecule has 0 atom stereocenters. The molecule has 1 aliphatic heterocycles. The first-order valence-corrected chi connectivity index (χ1v) is 8.71. The van der Waals surface area contributed by atoms with Gasteiger partial charge in [-0.2, -0.15) is 0 Å². The Balaban J connectivity index is 0.00000220. The van der Waals surface area contributed by atoms with Gasteiger partial charge in [0.05, 0.1) is 4.90 Å². The van der Waals surface area contributed by atoms with E-state index in [1.807, 2.05) is 0 Å². The third-order valence-electron chi connectivity index (χ3n) is 3.65. The van der Waals surface area contributed by atoms with Gasteiger partial charge in [-0.15, -0.1) is 12.4 Å². The van der Waals surface area contributed by atoms with Gasteiger partial charge in [-0.1, -0.05) is 30.1 Å². The van der Waals surface area contributed by atoms with Gasteiger partial charge in [0.25, 0.3) is 0 Å². The van der Waals surface area contributed by atoms with Crippen molar-refractivity contribution >= 4 is 45.6 Å². The van der Waals surface area contributed by atoms with Gasteiger partial charge >= 0.3 is 0 Å². The zero-order valence-electron chi connectivity index (χ0n) is 11.7. The number of nitrogens with one attached hydrogen (secondary N) is 2. The van der Waals surface area contributed by atoms with E-state index in [1.165, 1.54) is 18.2 Å². The first kappa shape index (κ1) is 19.0. The topological polar surface area (TPSA) is 58.2 Å². The molecule has 0 spiro atoms. The summed E-state index contributed by atoms with van der Waals surface area (Å²) >= 11 is 11.7. The van der Waals surface area contributed by atoms with E-state index < -0.39 is 10.0 Å². The van der Waals surface area contributed by atoms with E-state index in [0.29, 0.717) is 16.6 Å². The second-order valence-electron chi connectivity index (χ2n) is 5.49. The van der Waals surface area contributed by atoms with Gasteiger partial charge in [-0.05, 0) is 49.5 Å². The largest absolute Gasteiger partial charge is 0.317 e. The van der Waals surface area contributed by atoms with Crippen LogP contribution >= 0.6 is 35.6 Å². The molecule has 0 unspecified atom stereocenters. The standard InChI is InChI=1S/C13H18Cl2N2O2S.ClH/c1-13(2-4-16-5-3-13)9-17-20(18,19)12-7-10(14)6-11(15)8-12;/h6-8,16-17H,2-5,9H2,1H3;1H. The summed E-state index contributed by atoms with van der Waals surface area (Å²) in [7, 11) is -3.58. The molecule has 0 saturated carbocycles. The SMILES string of the molecule is CC1(CNS(=O)(=O)c2cc(Cl)cc(Cl)c2)CCNCC1.Cl. The van der Waals surface area contributed by atoms with Crippen LogP contribution in [0.3, 0.4) is 0 Å². The number of hydrogen-bond acceptors (Lipinski definition) is 3. The van der Waals surface area contributed by atoms with Crippen molar-refractivity contribution in [2.45, 2.75) is 24.7 Å². The molecule has 0 radical (unpaired) electrons. The highest BCUT2D eigenvalue weighted by molar-refractivity contribution is 7.89. The lowest BCUT2D eigenvalue weighted by Gasteiger charge is -2.34. The van der Waals surface area contributed by atoms with Gasteiger partial charge in [-0.3, -0.25) is 0 Å². The third kappa shape index (κ3) is 5.27. The third-order valence-corrected chi connectivity index (χ3v) is 5.46. The molecule has 1 saturated heterocycles. The molecule has 2 N–H and O–H groups in total. The molecular weight excluding hydrogens is 355 g/mol. The van der Waals surface area contributed by atoms with Crippen molar-refractivity contribution in [3.05, 3.63) is 28.2 Å². The summed E-state index contributed by atoms with van der Waals surface area (Å²) in [5.41, 5.74) is -0.0132. The Hall–Kier alpha value is -0.0400. The average Bonchev–Trinajstić information content (AvgIpc) is 2.37. The molecule has 0 aromatic heterocycles. The average molecular weight is 374 g/mol. The zero-order valence-corrected chi connectivity index (χ0v) is 14.8. The van der Waals surface area contributed by atoms with Gasteiger partial charge in [0.1, 0.15) is 0 Å². The Kier molecular flexibility index (Phi) is 6.78. The molecule has 21 heavy (non-hydrogen) atoms. The Morgan fingerprint density at radius 2 is 1.71 bits per heavy atom. The quantitative estimate of drug-likeness (QED) is 0.852. The van der Waals surface area contributed by atoms with Crippen molar-refractivity contribution in [1.82, 2.24) is 10.0 Å². The second kappa shape index (κ2) is 7.49. The van der Waals surface area contributed by atoms with Crippen molar-refractivity contribution in [2.75, 3.05) is 19.6 Å². The molecule has 120 valence electrons. The zero-order chi connectivity index (χ0) is 14.8. The number of halogens is 3. The van der Waals surface area contributed by atoms with Crippen molar-refractivity contribution in [3.63, 3.8) is 0 Å². The summed E-state index contributed by atoms with van der Waals surface area (Å²) in [5.74, 6) is 0. The van der Waals surface area contributed by atoms with Crippen molar-refractivity contribution < 1.29 is 8.42 Å². The van der Waals surface area contributed by atoms with E-state index in [0.717, 1.165) is 25.9 Å². The minimum Gasteiger partial charge on any atom is -0.317 e. The number of piperidine rings is 1. The van der Waals surface area contributed by atoms with Gasteiger partial charge in [-0.25, -0.2) is 13.1 Å². The summed E-state index contributed by atoms with van der Waals surface area (Å²) in [6.45, 7) is 4.35. The number of benzene rings is 1. The maximum atomic E-state index is 12.3. The van der Waals surface area contributed by atoms with Crippen molar-refractivity contribution in [1.29, 1.82) is 0 Å². The Morgan fingerprint density at radius 1 is 1.19 bits per heavy atom. The molecule has 2 rings (SSSR count). The summed E-state index contributed by atoms with van der Waals surface area (Å²) in [6, 6.07) is 4.32. The van der Waals surface area contributed by atoms with Crippen LogP contribution in [0.15, 0.2) is 23.1 Å². The molecule has 1 aliphatic rings. The minimum absolute atomic E-state index is 0. The molecular formula is C13H19Cl3N2O2S. The Labute approximate surface area is 142 Å². The van der Waals surface area contributed by atoms with E-state index in [-0.39, 0.29) is 22.7 Å². The molecule has 1 heterocycles. The van der Waals surface area contributed by atoms with Crippen molar-refractivity contribution in [3.8, 4) is 0 Å². The lowest BCUT2D eigenvalue weighted by Crippen LogP contribution is -2.42. The van der Waals surface area contributed by atoms with E-state index in [9.17, 15) is 8.42 Å². The van der Waals surface area contributed by atoms with E-state index >= 15 is 0 Å². The highest BCUT2D eigenvalue weighted by Gasteiger charge is 2.28. The molecule has 1 aromatic carbocycles. The summed E-state index contributed by atoms with van der Waals surface area (Å²) in [6.07, 6.45) is 1.90. The van der Waals surface area contributed by atoms with Gasteiger partial charge in [0.15, 0.2) is 0 Å². The lowest BCUT2D eigenvalue weighted by atomic mass is 9.81. The fourth-order valence-corrected chi connectivity index (χ4v) is 4.17. The highest BCUT2D eigenvalue weighted by atomic mass is 35.5. The second-order valence-corrected chi connectivity index (χ2v) is 8.13. The maximum Gasteiger partial charge on any atom is 0.240 e. The van der Waals surface area contributed by atoms with Gasteiger partial charge < -0.3 is 5.32 Å². The van der Waals surface area contributed by atoms with Crippen molar-refractivity contribution in [2.24, 2.45) is 5.41 Å². The summed E-state index contributed by atoms with van der Waals surface area (Å²) in [5, 5.41) is 3.89. The summed E-state index contributed by atoms with van der Waals surface area (Å²) < 4.78 is 27.2. The smallest absolute Gasteiger partial charge is 0.240 e. The van der Waals surface area contributed by atoms with Gasteiger partial charge in [0, 0.05) is 16.6 Å². The van der Waals surface area contributed by atoms with E-state index in [4.69, 9.17) is 23.2 Å². The maximum absolute atomic E-state index is 12.3. The molecule has 1 aromatic rings. The van der Waals surface area contributed by atoms with E-state index in [2.05, 4.69) is 17.0 Å². The fraction of sp³-hybridized carbons (Fsp3) is 0.538. The molecule has 1 fully saturated rings. The van der Waals surface area contributed by atoms with E-state index in [1.54, 1.807) is 0 Å². The Bertz CT molecular complexity index is 567. The van der Waals surface area contributed by atoms with Crippen LogP contribution in [0.4, 0.5) is 0 Å². The monoisotopic (exact) mass is 372 g/mol. The first-order chi connectivity index (χ1) is 9.31. The predicted octanol–water partition coefficient (Wildman–Crippen LogP) is 3.08. The van der Waals surface area contributed by atoms with Crippen LogP contribution in [0.1, 0.15) is 19.8 Å². The number of hydrogen-bond donors (Lipinski definition) is 2. The van der Waals surface area contributed by atoms with Crippen LogP contribution in [-0.2, 0) is 10.0 Å². The van der Waals surface area contributed by atoms with Crippen LogP contribution in [0.5, 0.6) is 0 Å². The fourth-order valence-electron chi connectivity index (χ4n) is 2.24. The molecule has 0 aliphatic carbocycles. The first-order valence-electron chi connectivity index (χ1n) is 6.47.